The van der Waals surface area contributed by atoms with Gasteiger partial charge in [0.15, 0.2) is 0 Å². The van der Waals surface area contributed by atoms with Crippen LogP contribution < -0.4 is 0 Å². The molecule has 0 aliphatic heterocycles. The van der Waals surface area contributed by atoms with Crippen molar-refractivity contribution >= 4 is 11.8 Å². The first kappa shape index (κ1) is 12.7. The molecule has 2 aromatic rings. The van der Waals surface area contributed by atoms with Gasteiger partial charge in [0.1, 0.15) is 18.7 Å². The summed E-state index contributed by atoms with van der Waals surface area (Å²) in [6.07, 6.45) is 3.08. The monoisotopic (exact) mass is 263 g/mol. The molecule has 5 heteroatoms. The zero-order chi connectivity index (χ0) is 12.8. The van der Waals surface area contributed by atoms with Crippen LogP contribution in [-0.4, -0.2) is 16.7 Å². The highest BCUT2D eigenvalue weighted by molar-refractivity contribution is 7.98. The third-order valence-electron chi connectivity index (χ3n) is 2.10. The molecule has 0 aliphatic carbocycles. The second kappa shape index (κ2) is 6.24. The van der Waals surface area contributed by atoms with Gasteiger partial charge < -0.3 is 9.52 Å². The van der Waals surface area contributed by atoms with E-state index in [2.05, 4.69) is 16.8 Å². The normalized spacial score (nSPS) is 9.89. The van der Waals surface area contributed by atoms with Crippen molar-refractivity contribution in [3.8, 4) is 11.8 Å². The molecule has 0 unspecified atom stereocenters. The minimum absolute atomic E-state index is 0.283. The average Bonchev–Trinajstić information content (AvgIpc) is 2.89. The van der Waals surface area contributed by atoms with Gasteiger partial charge in [-0.05, 0) is 17.7 Å². The van der Waals surface area contributed by atoms with Crippen molar-refractivity contribution in [2.45, 2.75) is 11.0 Å². The van der Waals surface area contributed by atoms with Crippen LogP contribution >= 0.6 is 11.8 Å². The van der Waals surface area contributed by atoms with Crippen molar-refractivity contribution in [1.29, 1.82) is 0 Å². The fraction of sp³-hybridized carbons (Fsp3) is 0.154. The van der Waals surface area contributed by atoms with Gasteiger partial charge in [-0.1, -0.05) is 29.7 Å². The number of rotatable bonds is 3. The quantitative estimate of drug-likeness (QED) is 0.682. The summed E-state index contributed by atoms with van der Waals surface area (Å²) in [6.45, 7) is -0.283. The number of thioether (sulfide) groups is 1. The lowest BCUT2D eigenvalue weighted by atomic mass is 10.1. The fourth-order valence-electron chi connectivity index (χ4n) is 1.32. The van der Waals surface area contributed by atoms with Gasteiger partial charge in [-0.15, -0.1) is 0 Å². The molecule has 1 aromatic carbocycles. The Kier molecular flexibility index (Phi) is 4.40. The van der Waals surface area contributed by atoms with E-state index < -0.39 is 0 Å². The Balaban J connectivity index is 2.09. The minimum Gasteiger partial charge on any atom is -0.440 e. The van der Waals surface area contributed by atoms with Gasteiger partial charge in [-0.3, -0.25) is 0 Å². The van der Waals surface area contributed by atoms with E-state index in [9.17, 15) is 4.39 Å². The Morgan fingerprint density at radius 1 is 1.44 bits per heavy atom. The van der Waals surface area contributed by atoms with Gasteiger partial charge in [0.05, 0.1) is 11.8 Å². The van der Waals surface area contributed by atoms with Crippen LogP contribution in [0.2, 0.25) is 0 Å². The zero-order valence-electron chi connectivity index (χ0n) is 9.39. The predicted molar refractivity (Wildman–Crippen MR) is 66.4 cm³/mol. The molecule has 92 valence electrons. The van der Waals surface area contributed by atoms with Gasteiger partial charge in [0, 0.05) is 5.75 Å². The third-order valence-corrected chi connectivity index (χ3v) is 3.03. The molecule has 2 rings (SSSR count). The molecule has 1 aromatic heterocycles. The van der Waals surface area contributed by atoms with Gasteiger partial charge in [0.25, 0.3) is 5.22 Å². The van der Waals surface area contributed by atoms with Crippen molar-refractivity contribution in [2.75, 3.05) is 6.61 Å². The number of nitrogens with zero attached hydrogens (tertiary/aromatic N) is 1. The van der Waals surface area contributed by atoms with Crippen LogP contribution in [0.5, 0.6) is 0 Å². The Hall–Kier alpha value is -1.77. The number of oxazole rings is 1. The number of aliphatic hydroxyl groups excluding tert-OH is 1. The zero-order valence-corrected chi connectivity index (χ0v) is 10.2. The number of aromatic nitrogens is 1. The van der Waals surface area contributed by atoms with Crippen LogP contribution in [0, 0.1) is 17.7 Å². The fourth-order valence-corrected chi connectivity index (χ4v) is 2.05. The Bertz CT molecular complexity index is 572. The molecule has 0 aliphatic rings. The first-order chi connectivity index (χ1) is 8.79. The van der Waals surface area contributed by atoms with E-state index in [0.717, 1.165) is 5.56 Å². The number of halogens is 1. The summed E-state index contributed by atoms with van der Waals surface area (Å²) >= 11 is 1.42. The predicted octanol–water partition coefficient (Wildman–Crippen LogP) is 2.45. The molecule has 18 heavy (non-hydrogen) atoms. The molecule has 0 spiro atoms. The van der Waals surface area contributed by atoms with Gasteiger partial charge >= 0.3 is 0 Å². The molecular weight excluding hydrogens is 253 g/mol. The summed E-state index contributed by atoms with van der Waals surface area (Å²) in [4.78, 5) is 3.98. The van der Waals surface area contributed by atoms with Gasteiger partial charge in [-0.25, -0.2) is 9.37 Å². The van der Waals surface area contributed by atoms with E-state index >= 15 is 0 Å². The molecule has 0 saturated heterocycles. The van der Waals surface area contributed by atoms with Crippen molar-refractivity contribution in [2.24, 2.45) is 0 Å². The summed E-state index contributed by atoms with van der Waals surface area (Å²) in [6, 6.07) is 4.72. The van der Waals surface area contributed by atoms with Crippen LogP contribution in [0.25, 0.3) is 0 Å². The van der Waals surface area contributed by atoms with Gasteiger partial charge in [-0.2, -0.15) is 0 Å². The average molecular weight is 263 g/mol. The number of aliphatic hydroxyl groups is 1. The van der Waals surface area contributed by atoms with E-state index in [1.54, 1.807) is 18.3 Å². The summed E-state index contributed by atoms with van der Waals surface area (Å²) in [7, 11) is 0. The first-order valence-corrected chi connectivity index (χ1v) is 6.18. The molecule has 0 bridgehead atoms. The van der Waals surface area contributed by atoms with Crippen LogP contribution in [0.15, 0.2) is 40.3 Å². The van der Waals surface area contributed by atoms with E-state index in [0.29, 0.717) is 11.0 Å². The maximum atomic E-state index is 13.4. The topological polar surface area (TPSA) is 46.3 Å². The molecule has 1 heterocycles. The van der Waals surface area contributed by atoms with Crippen molar-refractivity contribution in [3.05, 3.63) is 47.6 Å². The summed E-state index contributed by atoms with van der Waals surface area (Å²) < 4.78 is 18.5. The second-order valence-corrected chi connectivity index (χ2v) is 4.29. The highest BCUT2D eigenvalue weighted by Gasteiger charge is 2.04. The Morgan fingerprint density at radius 2 is 2.33 bits per heavy atom. The lowest BCUT2D eigenvalue weighted by Gasteiger charge is -2.01. The van der Waals surface area contributed by atoms with E-state index in [1.165, 1.54) is 24.1 Å². The molecule has 0 amide bonds. The standard InChI is InChI=1S/C13H10FNO2S/c14-12-4-3-10(8-11(12)2-1-6-16)9-18-13-15-5-7-17-13/h3-5,7-8,16H,6,9H2. The molecule has 0 saturated carbocycles. The van der Waals surface area contributed by atoms with E-state index in [4.69, 9.17) is 9.52 Å². The smallest absolute Gasteiger partial charge is 0.255 e. The van der Waals surface area contributed by atoms with Crippen molar-refractivity contribution < 1.29 is 13.9 Å². The molecule has 0 atom stereocenters. The maximum Gasteiger partial charge on any atom is 0.255 e. The lowest BCUT2D eigenvalue weighted by Crippen LogP contribution is -1.88. The maximum absolute atomic E-state index is 13.4. The Labute approximate surface area is 108 Å². The number of hydrogen-bond acceptors (Lipinski definition) is 4. The molecule has 1 N–H and O–H groups in total. The molecule has 0 fully saturated rings. The van der Waals surface area contributed by atoms with E-state index in [1.807, 2.05) is 0 Å². The highest BCUT2D eigenvalue weighted by Crippen LogP contribution is 2.21. The van der Waals surface area contributed by atoms with Crippen LogP contribution in [0.4, 0.5) is 4.39 Å². The third kappa shape index (κ3) is 3.36. The number of hydrogen-bond donors (Lipinski definition) is 1. The SMILES string of the molecule is OCC#Cc1cc(CSc2ncco2)ccc1F. The van der Waals surface area contributed by atoms with Gasteiger partial charge in [0.2, 0.25) is 0 Å². The summed E-state index contributed by atoms with van der Waals surface area (Å²) in [5, 5.41) is 9.17. The number of benzene rings is 1. The van der Waals surface area contributed by atoms with E-state index in [-0.39, 0.29) is 18.0 Å². The minimum atomic E-state index is -0.388. The molecule has 3 nitrogen and oxygen atoms in total. The van der Waals surface area contributed by atoms with Crippen molar-refractivity contribution in [3.63, 3.8) is 0 Å². The van der Waals surface area contributed by atoms with Crippen LogP contribution in [0.3, 0.4) is 0 Å². The van der Waals surface area contributed by atoms with Crippen LogP contribution in [-0.2, 0) is 5.75 Å². The summed E-state index contributed by atoms with van der Waals surface area (Å²) in [5.74, 6) is 5.23. The molecule has 0 radical (unpaired) electrons. The second-order valence-electron chi connectivity index (χ2n) is 3.36. The highest BCUT2D eigenvalue weighted by atomic mass is 32.2. The molecular formula is C13H10FNO2S. The lowest BCUT2D eigenvalue weighted by molar-refractivity contribution is 0.350. The van der Waals surface area contributed by atoms with Crippen molar-refractivity contribution in [1.82, 2.24) is 4.98 Å². The van der Waals surface area contributed by atoms with Crippen LogP contribution in [0.1, 0.15) is 11.1 Å². The largest absolute Gasteiger partial charge is 0.440 e. The first-order valence-electron chi connectivity index (χ1n) is 5.20. The Morgan fingerprint density at radius 3 is 3.06 bits per heavy atom. The summed E-state index contributed by atoms with van der Waals surface area (Å²) in [5.41, 5.74) is 1.20.